The fourth-order valence-electron chi connectivity index (χ4n) is 3.86. The minimum Gasteiger partial charge on any atom is -0.377 e. The third kappa shape index (κ3) is 2.54. The molecular formula is C14H26N2O3. The first-order valence-electron chi connectivity index (χ1n) is 7.48. The third-order valence-corrected chi connectivity index (χ3v) is 5.07. The van der Waals surface area contributed by atoms with Crippen LogP contribution in [0.2, 0.25) is 0 Å². The molecule has 3 rings (SSSR count). The summed E-state index contributed by atoms with van der Waals surface area (Å²) in [5.41, 5.74) is 6.35. The molecule has 1 aliphatic carbocycles. The molecule has 3 aliphatic rings. The Labute approximate surface area is 115 Å². The van der Waals surface area contributed by atoms with Gasteiger partial charge in [0.15, 0.2) is 5.79 Å². The molecule has 4 atom stereocenters. The van der Waals surface area contributed by atoms with Crippen molar-refractivity contribution >= 4 is 0 Å². The van der Waals surface area contributed by atoms with Gasteiger partial charge < -0.3 is 19.9 Å². The molecule has 0 radical (unpaired) electrons. The van der Waals surface area contributed by atoms with E-state index in [9.17, 15) is 0 Å². The van der Waals surface area contributed by atoms with E-state index >= 15 is 0 Å². The third-order valence-electron chi connectivity index (χ3n) is 5.07. The summed E-state index contributed by atoms with van der Waals surface area (Å²) in [6, 6.07) is 0.991. The van der Waals surface area contributed by atoms with Crippen molar-refractivity contribution in [2.75, 3.05) is 26.9 Å². The largest absolute Gasteiger partial charge is 0.377 e. The van der Waals surface area contributed by atoms with Crippen LogP contribution in [0.5, 0.6) is 0 Å². The van der Waals surface area contributed by atoms with E-state index in [1.54, 1.807) is 0 Å². The van der Waals surface area contributed by atoms with Crippen molar-refractivity contribution in [3.05, 3.63) is 0 Å². The molecule has 0 aromatic rings. The van der Waals surface area contributed by atoms with Crippen molar-refractivity contribution in [3.8, 4) is 0 Å². The van der Waals surface area contributed by atoms with Gasteiger partial charge in [0.1, 0.15) is 0 Å². The first kappa shape index (κ1) is 13.8. The Hall–Kier alpha value is -0.200. The van der Waals surface area contributed by atoms with Crippen LogP contribution in [0.3, 0.4) is 0 Å². The number of nitrogens with zero attached hydrogens (tertiary/aromatic N) is 1. The van der Waals surface area contributed by atoms with Crippen LogP contribution >= 0.6 is 0 Å². The molecule has 5 nitrogen and oxygen atoms in total. The summed E-state index contributed by atoms with van der Waals surface area (Å²) in [5.74, 6) is -0.364. The first-order chi connectivity index (χ1) is 9.11. The van der Waals surface area contributed by atoms with Crippen molar-refractivity contribution in [2.24, 2.45) is 5.73 Å². The van der Waals surface area contributed by atoms with Gasteiger partial charge in [-0.3, -0.25) is 4.90 Å². The lowest BCUT2D eigenvalue weighted by molar-refractivity contribution is -0.193. The summed E-state index contributed by atoms with van der Waals surface area (Å²) in [4.78, 5) is 2.41. The van der Waals surface area contributed by atoms with Crippen molar-refractivity contribution in [3.63, 3.8) is 0 Å². The number of rotatable bonds is 2. The van der Waals surface area contributed by atoms with E-state index in [4.69, 9.17) is 19.9 Å². The molecule has 19 heavy (non-hydrogen) atoms. The molecule has 0 aromatic heterocycles. The Morgan fingerprint density at radius 2 is 1.84 bits per heavy atom. The Balaban J connectivity index is 1.70. The van der Waals surface area contributed by atoms with Gasteiger partial charge in [-0.05, 0) is 26.8 Å². The lowest BCUT2D eigenvalue weighted by Crippen LogP contribution is -2.58. The van der Waals surface area contributed by atoms with Crippen LogP contribution in [0.4, 0.5) is 0 Å². The number of nitrogens with two attached hydrogens (primary N) is 1. The van der Waals surface area contributed by atoms with Gasteiger partial charge in [-0.1, -0.05) is 0 Å². The maximum Gasteiger partial charge on any atom is 0.170 e. The van der Waals surface area contributed by atoms with Crippen molar-refractivity contribution < 1.29 is 14.2 Å². The van der Waals surface area contributed by atoms with E-state index in [1.165, 1.54) is 0 Å². The van der Waals surface area contributed by atoms with E-state index in [0.29, 0.717) is 31.4 Å². The molecule has 2 aliphatic heterocycles. The lowest BCUT2D eigenvalue weighted by atomic mass is 9.84. The Bertz CT molecular complexity index is 320. The van der Waals surface area contributed by atoms with E-state index in [2.05, 4.69) is 18.9 Å². The Morgan fingerprint density at radius 1 is 1.11 bits per heavy atom. The van der Waals surface area contributed by atoms with Gasteiger partial charge in [-0.2, -0.15) is 0 Å². The van der Waals surface area contributed by atoms with Crippen LogP contribution in [0.1, 0.15) is 32.6 Å². The standard InChI is InChI=1S/C14H26N2O3/c1-10-12(4-6-17-10)16(2)13-9-14(5-3-11(13)15)18-7-8-19-14/h10-13H,3-9,15H2,1-2H3. The summed E-state index contributed by atoms with van der Waals surface area (Å²) in [5, 5.41) is 0. The number of hydrogen-bond acceptors (Lipinski definition) is 5. The molecule has 5 heteroatoms. The summed E-state index contributed by atoms with van der Waals surface area (Å²) in [6.45, 7) is 4.44. The van der Waals surface area contributed by atoms with E-state index in [1.807, 2.05) is 0 Å². The van der Waals surface area contributed by atoms with Crippen LogP contribution < -0.4 is 5.73 Å². The quantitative estimate of drug-likeness (QED) is 0.801. The molecule has 4 unspecified atom stereocenters. The van der Waals surface area contributed by atoms with Crippen LogP contribution in [-0.2, 0) is 14.2 Å². The molecular weight excluding hydrogens is 244 g/mol. The summed E-state index contributed by atoms with van der Waals surface area (Å²) >= 11 is 0. The van der Waals surface area contributed by atoms with E-state index in [-0.39, 0.29) is 11.8 Å². The Kier molecular flexibility index (Phi) is 3.84. The minimum atomic E-state index is -0.364. The zero-order valence-corrected chi connectivity index (χ0v) is 12.0. The van der Waals surface area contributed by atoms with Crippen LogP contribution in [0.25, 0.3) is 0 Å². The molecule has 110 valence electrons. The second-order valence-electron chi connectivity index (χ2n) is 6.18. The van der Waals surface area contributed by atoms with Crippen molar-refractivity contribution in [2.45, 2.75) is 62.6 Å². The maximum atomic E-state index is 6.35. The highest BCUT2D eigenvalue weighted by Gasteiger charge is 2.47. The lowest BCUT2D eigenvalue weighted by Gasteiger charge is -2.45. The fourth-order valence-corrected chi connectivity index (χ4v) is 3.86. The SMILES string of the molecule is CC1OCCC1N(C)C1CC2(CCC1N)OCCO2. The topological polar surface area (TPSA) is 57.0 Å². The molecule has 0 amide bonds. The summed E-state index contributed by atoms with van der Waals surface area (Å²) in [6.07, 6.45) is 4.16. The second kappa shape index (κ2) is 5.30. The molecule has 2 saturated heterocycles. The molecule has 1 saturated carbocycles. The van der Waals surface area contributed by atoms with Gasteiger partial charge in [0.05, 0.1) is 19.3 Å². The predicted molar refractivity (Wildman–Crippen MR) is 71.8 cm³/mol. The molecule has 3 fully saturated rings. The number of hydrogen-bond donors (Lipinski definition) is 1. The smallest absolute Gasteiger partial charge is 0.170 e. The first-order valence-corrected chi connectivity index (χ1v) is 7.48. The average molecular weight is 270 g/mol. The highest BCUT2D eigenvalue weighted by molar-refractivity contribution is 4.97. The predicted octanol–water partition coefficient (Wildman–Crippen LogP) is 0.719. The highest BCUT2D eigenvalue weighted by atomic mass is 16.7. The van der Waals surface area contributed by atoms with Crippen LogP contribution in [-0.4, -0.2) is 61.8 Å². The van der Waals surface area contributed by atoms with Crippen LogP contribution in [0, 0.1) is 0 Å². The average Bonchev–Trinajstić information content (AvgIpc) is 3.02. The molecule has 0 aromatic carbocycles. The van der Waals surface area contributed by atoms with Gasteiger partial charge in [0, 0.05) is 37.6 Å². The monoisotopic (exact) mass is 270 g/mol. The number of ether oxygens (including phenoxy) is 3. The summed E-state index contributed by atoms with van der Waals surface area (Å²) in [7, 11) is 2.17. The molecule has 2 N–H and O–H groups in total. The van der Waals surface area contributed by atoms with Crippen molar-refractivity contribution in [1.82, 2.24) is 4.90 Å². The second-order valence-corrected chi connectivity index (χ2v) is 6.18. The fraction of sp³-hybridized carbons (Fsp3) is 1.00. The van der Waals surface area contributed by atoms with E-state index in [0.717, 1.165) is 32.3 Å². The van der Waals surface area contributed by atoms with Gasteiger partial charge in [0.25, 0.3) is 0 Å². The zero-order valence-electron chi connectivity index (χ0n) is 12.0. The van der Waals surface area contributed by atoms with Gasteiger partial charge in [0.2, 0.25) is 0 Å². The van der Waals surface area contributed by atoms with Gasteiger partial charge >= 0.3 is 0 Å². The normalized spacial score (nSPS) is 42.3. The number of likely N-dealkylation sites (N-methyl/N-ethyl adjacent to an activating group) is 1. The maximum absolute atomic E-state index is 6.35. The van der Waals surface area contributed by atoms with Gasteiger partial charge in [-0.25, -0.2) is 0 Å². The zero-order chi connectivity index (χ0) is 13.5. The highest BCUT2D eigenvalue weighted by Crippen LogP contribution is 2.38. The van der Waals surface area contributed by atoms with Gasteiger partial charge in [-0.15, -0.1) is 0 Å². The summed E-state index contributed by atoms with van der Waals surface area (Å²) < 4.78 is 17.4. The van der Waals surface area contributed by atoms with E-state index < -0.39 is 0 Å². The molecule has 1 spiro atoms. The van der Waals surface area contributed by atoms with Crippen molar-refractivity contribution in [1.29, 1.82) is 0 Å². The minimum absolute atomic E-state index is 0.205. The molecule has 0 bridgehead atoms. The Morgan fingerprint density at radius 3 is 2.47 bits per heavy atom. The van der Waals surface area contributed by atoms with Crippen LogP contribution in [0.15, 0.2) is 0 Å². The molecule has 2 heterocycles.